The second-order valence-corrected chi connectivity index (χ2v) is 5.45. The van der Waals surface area contributed by atoms with Gasteiger partial charge in [0.1, 0.15) is 0 Å². The van der Waals surface area contributed by atoms with Crippen LogP contribution in [0.5, 0.6) is 0 Å². The number of alkyl halides is 3. The van der Waals surface area contributed by atoms with Gasteiger partial charge in [-0.3, -0.25) is 4.98 Å². The molecule has 1 saturated heterocycles. The van der Waals surface area contributed by atoms with Gasteiger partial charge in [-0.15, -0.1) is 0 Å². The highest BCUT2D eigenvalue weighted by atomic mass is 19.4. The van der Waals surface area contributed by atoms with Gasteiger partial charge in [0.25, 0.3) is 0 Å². The molecule has 1 atom stereocenters. The molecule has 0 bridgehead atoms. The summed E-state index contributed by atoms with van der Waals surface area (Å²) >= 11 is 0. The number of anilines is 1. The van der Waals surface area contributed by atoms with Crippen LogP contribution in [-0.4, -0.2) is 40.2 Å². The van der Waals surface area contributed by atoms with Crippen LogP contribution in [0, 0.1) is 0 Å². The van der Waals surface area contributed by atoms with Crippen molar-refractivity contribution in [1.82, 2.24) is 9.88 Å². The molecule has 5 nitrogen and oxygen atoms in total. The summed E-state index contributed by atoms with van der Waals surface area (Å²) in [4.78, 5) is 16.2. The van der Waals surface area contributed by atoms with E-state index in [2.05, 4.69) is 10.3 Å². The van der Waals surface area contributed by atoms with E-state index in [9.17, 15) is 18.0 Å². The normalized spacial score (nSPS) is 18.4. The molecule has 1 fully saturated rings. The second-order valence-electron chi connectivity index (χ2n) is 5.45. The van der Waals surface area contributed by atoms with Crippen LogP contribution in [0.25, 0.3) is 10.9 Å². The van der Waals surface area contributed by atoms with Gasteiger partial charge in [0.2, 0.25) is 0 Å². The highest BCUT2D eigenvalue weighted by Gasteiger charge is 2.32. The molecule has 0 saturated carbocycles. The van der Waals surface area contributed by atoms with E-state index in [1.54, 1.807) is 12.1 Å². The summed E-state index contributed by atoms with van der Waals surface area (Å²) < 4.78 is 39.1. The van der Waals surface area contributed by atoms with Crippen molar-refractivity contribution in [2.75, 3.05) is 18.4 Å². The summed E-state index contributed by atoms with van der Waals surface area (Å²) in [5, 5.41) is 12.6. The zero-order valence-corrected chi connectivity index (χ0v) is 12.0. The average Bonchev–Trinajstić information content (AvgIpc) is 2.95. The summed E-state index contributed by atoms with van der Waals surface area (Å²) in [7, 11) is 0. The van der Waals surface area contributed by atoms with Crippen LogP contribution >= 0.6 is 0 Å². The number of amides is 1. The van der Waals surface area contributed by atoms with E-state index in [0.717, 1.165) is 12.1 Å². The Hall–Kier alpha value is -2.51. The Morgan fingerprint density at radius 3 is 2.83 bits per heavy atom. The van der Waals surface area contributed by atoms with E-state index in [1.165, 1.54) is 11.1 Å². The molecule has 8 heteroatoms. The van der Waals surface area contributed by atoms with Gasteiger partial charge in [0.05, 0.1) is 11.1 Å². The SMILES string of the molecule is O=C(O)N1CCC(Nc2cc(C(F)(F)F)cc3ncccc23)C1. The van der Waals surface area contributed by atoms with Crippen LogP contribution in [0.3, 0.4) is 0 Å². The predicted octanol–water partition coefficient (Wildman–Crippen LogP) is 3.42. The van der Waals surface area contributed by atoms with Crippen molar-refractivity contribution in [3.63, 3.8) is 0 Å². The molecule has 1 aliphatic heterocycles. The standard InChI is InChI=1S/C15H14F3N3O2/c16-15(17,18)9-6-12-11(2-1-4-19-12)13(7-9)20-10-3-5-21(8-10)14(22)23/h1-2,4,6-7,10,20H,3,5,8H2,(H,22,23). The molecule has 1 aliphatic rings. The molecule has 3 rings (SSSR count). The summed E-state index contributed by atoms with van der Waals surface area (Å²) in [5.74, 6) is 0. The van der Waals surface area contributed by atoms with Crippen molar-refractivity contribution in [2.45, 2.75) is 18.6 Å². The van der Waals surface area contributed by atoms with E-state index in [-0.39, 0.29) is 18.1 Å². The molecule has 2 aromatic rings. The van der Waals surface area contributed by atoms with Gasteiger partial charge in [0, 0.05) is 36.4 Å². The highest BCUT2D eigenvalue weighted by molar-refractivity contribution is 5.92. The third-order valence-electron chi connectivity index (χ3n) is 3.87. The zero-order chi connectivity index (χ0) is 16.6. The number of rotatable bonds is 2. The van der Waals surface area contributed by atoms with Gasteiger partial charge < -0.3 is 15.3 Å². The maximum atomic E-state index is 13.0. The molecule has 2 N–H and O–H groups in total. The smallest absolute Gasteiger partial charge is 0.416 e. The number of hydrogen-bond donors (Lipinski definition) is 2. The minimum absolute atomic E-state index is 0.224. The quantitative estimate of drug-likeness (QED) is 0.888. The van der Waals surface area contributed by atoms with Crippen LogP contribution in [0.1, 0.15) is 12.0 Å². The van der Waals surface area contributed by atoms with Crippen molar-refractivity contribution in [3.05, 3.63) is 36.0 Å². The molecule has 0 spiro atoms. The number of pyridine rings is 1. The molecular formula is C15H14F3N3O2. The molecule has 2 heterocycles. The molecule has 1 unspecified atom stereocenters. The van der Waals surface area contributed by atoms with E-state index in [0.29, 0.717) is 24.0 Å². The summed E-state index contributed by atoms with van der Waals surface area (Å²) in [5.41, 5.74) is -0.211. The first-order chi connectivity index (χ1) is 10.8. The molecular weight excluding hydrogens is 311 g/mol. The predicted molar refractivity (Wildman–Crippen MR) is 78.4 cm³/mol. The topological polar surface area (TPSA) is 65.5 Å². The Balaban J connectivity index is 1.95. The van der Waals surface area contributed by atoms with Crippen LogP contribution < -0.4 is 5.32 Å². The van der Waals surface area contributed by atoms with Crippen molar-refractivity contribution in [2.24, 2.45) is 0 Å². The fourth-order valence-corrected chi connectivity index (χ4v) is 2.74. The lowest BCUT2D eigenvalue weighted by Gasteiger charge is -2.18. The molecule has 0 radical (unpaired) electrons. The van der Waals surface area contributed by atoms with Crippen molar-refractivity contribution in [1.29, 1.82) is 0 Å². The highest BCUT2D eigenvalue weighted by Crippen LogP contribution is 2.35. The number of fused-ring (bicyclic) bond motifs is 1. The lowest BCUT2D eigenvalue weighted by molar-refractivity contribution is -0.137. The first kappa shape index (κ1) is 15.4. The van der Waals surface area contributed by atoms with Gasteiger partial charge in [-0.05, 0) is 30.7 Å². The number of carboxylic acid groups (broad SMARTS) is 1. The second kappa shape index (κ2) is 5.60. The van der Waals surface area contributed by atoms with Gasteiger partial charge in [-0.25, -0.2) is 4.79 Å². The van der Waals surface area contributed by atoms with Gasteiger partial charge in [-0.1, -0.05) is 0 Å². The maximum Gasteiger partial charge on any atom is 0.416 e. The minimum Gasteiger partial charge on any atom is -0.465 e. The number of aromatic nitrogens is 1. The maximum absolute atomic E-state index is 13.0. The Morgan fingerprint density at radius 2 is 2.17 bits per heavy atom. The fourth-order valence-electron chi connectivity index (χ4n) is 2.74. The molecule has 23 heavy (non-hydrogen) atoms. The summed E-state index contributed by atoms with van der Waals surface area (Å²) in [6.45, 7) is 0.607. The Kier molecular flexibility index (Phi) is 3.75. The zero-order valence-electron chi connectivity index (χ0n) is 12.0. The van der Waals surface area contributed by atoms with Crippen molar-refractivity contribution >= 4 is 22.7 Å². The number of likely N-dealkylation sites (tertiary alicyclic amines) is 1. The van der Waals surface area contributed by atoms with Gasteiger partial charge in [-0.2, -0.15) is 13.2 Å². The van der Waals surface area contributed by atoms with Crippen LogP contribution in [0.4, 0.5) is 23.7 Å². The lowest BCUT2D eigenvalue weighted by Crippen LogP contribution is -2.30. The van der Waals surface area contributed by atoms with Crippen LogP contribution in [0.15, 0.2) is 30.5 Å². The summed E-state index contributed by atoms with van der Waals surface area (Å²) in [6.07, 6.45) is -3.51. The van der Waals surface area contributed by atoms with Gasteiger partial charge in [0.15, 0.2) is 0 Å². The number of carbonyl (C=O) groups is 1. The lowest BCUT2D eigenvalue weighted by atomic mass is 10.1. The van der Waals surface area contributed by atoms with E-state index in [1.807, 2.05) is 0 Å². The first-order valence-corrected chi connectivity index (χ1v) is 7.05. The van der Waals surface area contributed by atoms with E-state index < -0.39 is 17.8 Å². The van der Waals surface area contributed by atoms with Crippen LogP contribution in [-0.2, 0) is 6.18 Å². The van der Waals surface area contributed by atoms with E-state index >= 15 is 0 Å². The first-order valence-electron chi connectivity index (χ1n) is 7.05. The number of nitrogens with zero attached hydrogens (tertiary/aromatic N) is 2. The molecule has 1 amide bonds. The number of halogens is 3. The van der Waals surface area contributed by atoms with E-state index in [4.69, 9.17) is 5.11 Å². The van der Waals surface area contributed by atoms with Crippen molar-refractivity contribution in [3.8, 4) is 0 Å². The molecule has 0 aliphatic carbocycles. The third-order valence-corrected chi connectivity index (χ3v) is 3.87. The fraction of sp³-hybridized carbons (Fsp3) is 0.333. The molecule has 1 aromatic heterocycles. The number of nitrogens with one attached hydrogen (secondary N) is 1. The minimum atomic E-state index is -4.47. The largest absolute Gasteiger partial charge is 0.465 e. The Labute approximate surface area is 129 Å². The van der Waals surface area contributed by atoms with Crippen molar-refractivity contribution < 1.29 is 23.1 Å². The van der Waals surface area contributed by atoms with Gasteiger partial charge >= 0.3 is 12.3 Å². The monoisotopic (exact) mass is 325 g/mol. The molecule has 1 aromatic carbocycles. The van der Waals surface area contributed by atoms with Crippen LogP contribution in [0.2, 0.25) is 0 Å². The Bertz CT molecular complexity index is 748. The summed E-state index contributed by atoms with van der Waals surface area (Å²) in [6, 6.07) is 5.18. The molecule has 122 valence electrons. The Morgan fingerprint density at radius 1 is 1.39 bits per heavy atom. The number of benzene rings is 1. The third kappa shape index (κ3) is 3.15. The number of hydrogen-bond acceptors (Lipinski definition) is 3. The average molecular weight is 325 g/mol.